The van der Waals surface area contributed by atoms with Crippen molar-refractivity contribution in [2.24, 2.45) is 11.7 Å². The second-order valence-electron chi connectivity index (χ2n) is 8.30. The number of nitrogens with two attached hydrogens (primary N) is 1. The van der Waals surface area contributed by atoms with Gasteiger partial charge >= 0.3 is 6.09 Å². The van der Waals surface area contributed by atoms with Gasteiger partial charge in [0.2, 0.25) is 0 Å². The lowest BCUT2D eigenvalue weighted by atomic mass is 9.89. The van der Waals surface area contributed by atoms with Crippen LogP contribution in [-0.2, 0) is 9.47 Å². The SMILES string of the molecule is CC1=CC(N)C#CC(OC(C)C)C=C1C1CCN(C(=O)OC(C)(C)C)C1. The number of ether oxygens (including phenoxy) is 2. The molecule has 0 aromatic carbocycles. The minimum atomic E-state index is -0.483. The summed E-state index contributed by atoms with van der Waals surface area (Å²) >= 11 is 0. The quantitative estimate of drug-likeness (QED) is 0.785. The summed E-state index contributed by atoms with van der Waals surface area (Å²) in [5.74, 6) is 6.39. The van der Waals surface area contributed by atoms with Crippen LogP contribution < -0.4 is 5.73 Å². The molecule has 0 aromatic rings. The Morgan fingerprint density at radius 3 is 2.62 bits per heavy atom. The molecule has 2 rings (SSSR count). The van der Waals surface area contributed by atoms with Crippen molar-refractivity contribution in [3.05, 3.63) is 23.3 Å². The van der Waals surface area contributed by atoms with Crippen LogP contribution in [0, 0.1) is 17.8 Å². The van der Waals surface area contributed by atoms with E-state index in [9.17, 15) is 4.79 Å². The summed E-state index contributed by atoms with van der Waals surface area (Å²) < 4.78 is 11.4. The van der Waals surface area contributed by atoms with Crippen molar-refractivity contribution in [1.82, 2.24) is 4.90 Å². The van der Waals surface area contributed by atoms with E-state index in [4.69, 9.17) is 15.2 Å². The maximum absolute atomic E-state index is 12.4. The van der Waals surface area contributed by atoms with Gasteiger partial charge in [-0.25, -0.2) is 4.79 Å². The van der Waals surface area contributed by atoms with Gasteiger partial charge in [-0.2, -0.15) is 0 Å². The lowest BCUT2D eigenvalue weighted by molar-refractivity contribution is 0.0290. The number of amides is 1. The van der Waals surface area contributed by atoms with Gasteiger partial charge < -0.3 is 20.1 Å². The first-order valence-corrected chi connectivity index (χ1v) is 9.35. The highest BCUT2D eigenvalue weighted by molar-refractivity contribution is 5.68. The molecule has 0 aromatic heterocycles. The largest absolute Gasteiger partial charge is 0.444 e. The van der Waals surface area contributed by atoms with E-state index < -0.39 is 5.60 Å². The number of hydrogen-bond acceptors (Lipinski definition) is 4. The van der Waals surface area contributed by atoms with Crippen LogP contribution in [0.15, 0.2) is 23.3 Å². The second kappa shape index (κ2) is 8.28. The zero-order chi connectivity index (χ0) is 19.5. The Bertz CT molecular complexity index is 646. The average molecular weight is 360 g/mol. The van der Waals surface area contributed by atoms with E-state index in [0.717, 1.165) is 12.0 Å². The van der Waals surface area contributed by atoms with E-state index in [1.54, 1.807) is 4.90 Å². The third-order valence-corrected chi connectivity index (χ3v) is 4.31. The summed E-state index contributed by atoms with van der Waals surface area (Å²) in [6.07, 6.45) is 4.52. The number of carbonyl (C=O) groups excluding carboxylic acids is 1. The summed E-state index contributed by atoms with van der Waals surface area (Å²) in [6.45, 7) is 13.0. The Balaban J connectivity index is 2.18. The summed E-state index contributed by atoms with van der Waals surface area (Å²) in [5, 5.41) is 0. The molecule has 144 valence electrons. The molecule has 26 heavy (non-hydrogen) atoms. The first kappa shape index (κ1) is 20.5. The van der Waals surface area contributed by atoms with Crippen molar-refractivity contribution in [3.8, 4) is 11.8 Å². The summed E-state index contributed by atoms with van der Waals surface area (Å²) in [7, 11) is 0. The van der Waals surface area contributed by atoms with Crippen LogP contribution in [0.4, 0.5) is 4.79 Å². The molecule has 1 heterocycles. The van der Waals surface area contributed by atoms with Crippen molar-refractivity contribution in [2.45, 2.75) is 71.8 Å². The lowest BCUT2D eigenvalue weighted by Crippen LogP contribution is -2.35. The van der Waals surface area contributed by atoms with Gasteiger partial charge in [-0.15, -0.1) is 0 Å². The Labute approximate surface area is 157 Å². The predicted molar refractivity (Wildman–Crippen MR) is 104 cm³/mol. The average Bonchev–Trinajstić information content (AvgIpc) is 2.96. The summed E-state index contributed by atoms with van der Waals surface area (Å²) in [6, 6.07) is -0.305. The van der Waals surface area contributed by atoms with Crippen molar-refractivity contribution in [2.75, 3.05) is 13.1 Å². The van der Waals surface area contributed by atoms with Crippen LogP contribution in [0.25, 0.3) is 0 Å². The molecule has 0 spiro atoms. The predicted octanol–water partition coefficient (Wildman–Crippen LogP) is 3.25. The number of nitrogens with zero attached hydrogens (tertiary/aromatic N) is 1. The molecule has 3 atom stereocenters. The molecule has 1 saturated heterocycles. The molecule has 5 heteroatoms. The molecular formula is C21H32N2O3. The zero-order valence-electron chi connectivity index (χ0n) is 16.8. The molecule has 2 N–H and O–H groups in total. The Morgan fingerprint density at radius 1 is 1.31 bits per heavy atom. The molecule has 2 aliphatic rings. The van der Waals surface area contributed by atoms with E-state index >= 15 is 0 Å². The van der Waals surface area contributed by atoms with E-state index in [2.05, 4.69) is 24.8 Å². The molecule has 0 saturated carbocycles. The molecular weight excluding hydrogens is 328 g/mol. The van der Waals surface area contributed by atoms with E-state index in [-0.39, 0.29) is 30.3 Å². The van der Waals surface area contributed by atoms with Gasteiger partial charge in [-0.1, -0.05) is 17.9 Å². The van der Waals surface area contributed by atoms with Gasteiger partial charge in [0.15, 0.2) is 0 Å². The molecule has 1 aliphatic carbocycles. The fourth-order valence-electron chi connectivity index (χ4n) is 3.25. The van der Waals surface area contributed by atoms with Crippen LogP contribution in [0.2, 0.25) is 0 Å². The number of hydrogen-bond donors (Lipinski definition) is 1. The fourth-order valence-corrected chi connectivity index (χ4v) is 3.25. The highest BCUT2D eigenvalue weighted by Crippen LogP contribution is 2.31. The number of carbonyl (C=O) groups is 1. The molecule has 1 fully saturated rings. The molecule has 0 bridgehead atoms. The normalized spacial score (nSPS) is 26.5. The van der Waals surface area contributed by atoms with Crippen LogP contribution >= 0.6 is 0 Å². The van der Waals surface area contributed by atoms with Crippen molar-refractivity contribution >= 4 is 6.09 Å². The lowest BCUT2D eigenvalue weighted by Gasteiger charge is -2.25. The van der Waals surface area contributed by atoms with Gasteiger partial charge in [0.25, 0.3) is 0 Å². The van der Waals surface area contributed by atoms with Crippen LogP contribution in [-0.4, -0.2) is 47.9 Å². The molecule has 3 unspecified atom stereocenters. The monoisotopic (exact) mass is 360 g/mol. The van der Waals surface area contributed by atoms with Gasteiger partial charge in [-0.05, 0) is 65.2 Å². The standard InChI is InChI=1S/C21H32N2O3/c1-14(2)25-18-8-7-17(22)11-15(3)19(12-18)16-9-10-23(13-16)20(24)26-21(4,5)6/h11-12,14,16-18H,9-10,13,22H2,1-6H3. The first-order valence-electron chi connectivity index (χ1n) is 9.35. The molecule has 1 aliphatic heterocycles. The molecule has 1 amide bonds. The van der Waals surface area contributed by atoms with Crippen LogP contribution in [0.5, 0.6) is 0 Å². The second-order valence-corrected chi connectivity index (χ2v) is 8.30. The van der Waals surface area contributed by atoms with Crippen molar-refractivity contribution in [1.29, 1.82) is 0 Å². The van der Waals surface area contributed by atoms with Gasteiger partial charge in [0.1, 0.15) is 11.7 Å². The van der Waals surface area contributed by atoms with E-state index in [0.29, 0.717) is 13.1 Å². The zero-order valence-corrected chi connectivity index (χ0v) is 16.8. The number of rotatable bonds is 3. The van der Waals surface area contributed by atoms with Gasteiger partial charge in [0, 0.05) is 19.0 Å². The van der Waals surface area contributed by atoms with Gasteiger partial charge in [0.05, 0.1) is 12.1 Å². The van der Waals surface area contributed by atoms with E-state index in [1.165, 1.54) is 5.57 Å². The third kappa shape index (κ3) is 5.89. The Hall–Kier alpha value is -1.77. The van der Waals surface area contributed by atoms with Crippen molar-refractivity contribution in [3.63, 3.8) is 0 Å². The first-order chi connectivity index (χ1) is 12.0. The summed E-state index contributed by atoms with van der Waals surface area (Å²) in [4.78, 5) is 14.1. The fraction of sp³-hybridized carbons (Fsp3) is 0.667. The Kier molecular flexibility index (Phi) is 6.54. The van der Waals surface area contributed by atoms with Gasteiger partial charge in [-0.3, -0.25) is 0 Å². The minimum Gasteiger partial charge on any atom is -0.444 e. The number of likely N-dealkylation sites (tertiary alicyclic amines) is 1. The number of allylic oxidation sites excluding steroid dienone is 1. The molecule has 5 nitrogen and oxygen atoms in total. The highest BCUT2D eigenvalue weighted by Gasteiger charge is 2.32. The summed E-state index contributed by atoms with van der Waals surface area (Å²) in [5.41, 5.74) is 7.88. The highest BCUT2D eigenvalue weighted by atomic mass is 16.6. The third-order valence-electron chi connectivity index (χ3n) is 4.31. The maximum atomic E-state index is 12.4. The topological polar surface area (TPSA) is 64.8 Å². The van der Waals surface area contributed by atoms with Crippen LogP contribution in [0.3, 0.4) is 0 Å². The van der Waals surface area contributed by atoms with Crippen LogP contribution in [0.1, 0.15) is 48.0 Å². The Morgan fingerprint density at radius 2 is 2.00 bits per heavy atom. The van der Waals surface area contributed by atoms with Crippen molar-refractivity contribution < 1.29 is 14.3 Å². The maximum Gasteiger partial charge on any atom is 0.410 e. The minimum absolute atomic E-state index is 0.0774. The smallest absolute Gasteiger partial charge is 0.410 e. The van der Waals surface area contributed by atoms with E-state index in [1.807, 2.05) is 40.7 Å². The molecule has 0 radical (unpaired) electrons.